The standard InChI is InChI=1S/C27H31BN2O5/c1-19(2)15-25(28(32)33)29-26(31)27(16-20-9-4-3-5-10-20)17-22(30-35-27)18-34-24-14-8-12-21-11-6-7-13-23(21)24/h3-14,19,25,32-33H,15-18H2,1-2H3,(H,29,31). The number of amides is 1. The molecule has 0 bridgehead atoms. The molecule has 3 aromatic carbocycles. The maximum absolute atomic E-state index is 13.5. The molecule has 1 aliphatic rings. The van der Waals surface area contributed by atoms with Gasteiger partial charge >= 0.3 is 7.12 Å². The second kappa shape index (κ2) is 10.9. The zero-order valence-electron chi connectivity index (χ0n) is 20.1. The van der Waals surface area contributed by atoms with Crippen molar-refractivity contribution < 1.29 is 24.4 Å². The van der Waals surface area contributed by atoms with E-state index in [1.165, 1.54) is 0 Å². The molecule has 0 aliphatic carbocycles. The third-order valence-electron chi connectivity index (χ3n) is 6.13. The van der Waals surface area contributed by atoms with Crippen LogP contribution in [0.25, 0.3) is 10.8 Å². The molecule has 1 heterocycles. The summed E-state index contributed by atoms with van der Waals surface area (Å²) >= 11 is 0. The topological polar surface area (TPSA) is 100 Å². The molecule has 7 nitrogen and oxygen atoms in total. The number of hydrogen-bond acceptors (Lipinski definition) is 6. The first-order valence-corrected chi connectivity index (χ1v) is 11.9. The number of nitrogens with zero attached hydrogens (tertiary/aromatic N) is 1. The summed E-state index contributed by atoms with van der Waals surface area (Å²) in [5, 5.41) is 28.7. The summed E-state index contributed by atoms with van der Waals surface area (Å²) in [6.07, 6.45) is 0.939. The lowest BCUT2D eigenvalue weighted by atomic mass is 9.74. The maximum Gasteiger partial charge on any atom is 0.475 e. The molecule has 4 rings (SSSR count). The Morgan fingerprint density at radius 2 is 1.80 bits per heavy atom. The fourth-order valence-electron chi connectivity index (χ4n) is 4.39. The number of oxime groups is 1. The summed E-state index contributed by atoms with van der Waals surface area (Å²) in [5.74, 6) is -0.340. The molecular formula is C27H31BN2O5. The summed E-state index contributed by atoms with van der Waals surface area (Å²) in [6, 6.07) is 23.4. The van der Waals surface area contributed by atoms with Crippen LogP contribution in [0.15, 0.2) is 78.0 Å². The van der Waals surface area contributed by atoms with Gasteiger partial charge in [0, 0.05) is 18.2 Å². The minimum atomic E-state index is -1.67. The van der Waals surface area contributed by atoms with E-state index in [4.69, 9.17) is 9.57 Å². The molecule has 1 aliphatic heterocycles. The van der Waals surface area contributed by atoms with E-state index in [0.717, 1.165) is 22.1 Å². The van der Waals surface area contributed by atoms with E-state index in [0.29, 0.717) is 12.1 Å². The zero-order valence-corrected chi connectivity index (χ0v) is 20.1. The van der Waals surface area contributed by atoms with Crippen LogP contribution >= 0.6 is 0 Å². The number of rotatable bonds is 10. The van der Waals surface area contributed by atoms with E-state index in [2.05, 4.69) is 10.5 Å². The van der Waals surface area contributed by atoms with Crippen molar-refractivity contribution in [2.75, 3.05) is 6.61 Å². The highest BCUT2D eigenvalue weighted by molar-refractivity contribution is 6.43. The van der Waals surface area contributed by atoms with Gasteiger partial charge in [-0.05, 0) is 29.4 Å². The van der Waals surface area contributed by atoms with Crippen molar-refractivity contribution in [1.82, 2.24) is 5.32 Å². The first-order chi connectivity index (χ1) is 16.9. The highest BCUT2D eigenvalue weighted by Gasteiger charge is 2.48. The average molecular weight is 474 g/mol. The third-order valence-corrected chi connectivity index (χ3v) is 6.13. The van der Waals surface area contributed by atoms with Crippen LogP contribution in [0.2, 0.25) is 0 Å². The van der Waals surface area contributed by atoms with Gasteiger partial charge in [0.2, 0.25) is 5.60 Å². The van der Waals surface area contributed by atoms with Gasteiger partial charge < -0.3 is 24.9 Å². The van der Waals surface area contributed by atoms with Crippen LogP contribution in [0, 0.1) is 5.92 Å². The molecule has 0 radical (unpaired) electrons. The molecule has 0 spiro atoms. The highest BCUT2D eigenvalue weighted by Crippen LogP contribution is 2.31. The molecule has 0 saturated carbocycles. The summed E-state index contributed by atoms with van der Waals surface area (Å²) < 4.78 is 6.08. The Morgan fingerprint density at radius 3 is 2.54 bits per heavy atom. The molecule has 2 atom stereocenters. The fourth-order valence-corrected chi connectivity index (χ4v) is 4.39. The van der Waals surface area contributed by atoms with Crippen molar-refractivity contribution in [3.63, 3.8) is 0 Å². The molecule has 3 N–H and O–H groups in total. The van der Waals surface area contributed by atoms with Crippen LogP contribution in [0.5, 0.6) is 5.75 Å². The van der Waals surface area contributed by atoms with Gasteiger partial charge in [-0.2, -0.15) is 0 Å². The summed E-state index contributed by atoms with van der Waals surface area (Å²) in [4.78, 5) is 19.3. The van der Waals surface area contributed by atoms with Gasteiger partial charge in [-0.1, -0.05) is 85.7 Å². The number of ether oxygens (including phenoxy) is 1. The highest BCUT2D eigenvalue weighted by atomic mass is 16.7. The predicted molar refractivity (Wildman–Crippen MR) is 137 cm³/mol. The van der Waals surface area contributed by atoms with Gasteiger partial charge in [-0.15, -0.1) is 0 Å². The van der Waals surface area contributed by atoms with Crippen LogP contribution in [0.1, 0.15) is 32.3 Å². The Balaban J connectivity index is 1.51. The quantitative estimate of drug-likeness (QED) is 0.391. The minimum Gasteiger partial charge on any atom is -0.487 e. The Labute approximate surface area is 205 Å². The molecule has 35 heavy (non-hydrogen) atoms. The first-order valence-electron chi connectivity index (χ1n) is 11.9. The number of carbonyl (C=O) groups is 1. The SMILES string of the molecule is CC(C)CC(NC(=O)C1(Cc2ccccc2)CC(COc2cccc3ccccc23)=NO1)B(O)O. The van der Waals surface area contributed by atoms with Crippen molar-refractivity contribution in [2.24, 2.45) is 11.1 Å². The van der Waals surface area contributed by atoms with Crippen molar-refractivity contribution in [3.8, 4) is 5.75 Å². The van der Waals surface area contributed by atoms with Crippen LogP contribution in [-0.4, -0.2) is 46.9 Å². The Hall–Kier alpha value is -3.36. The molecule has 3 aromatic rings. The number of fused-ring (bicyclic) bond motifs is 1. The monoisotopic (exact) mass is 474 g/mol. The van der Waals surface area contributed by atoms with Crippen molar-refractivity contribution in [2.45, 2.75) is 44.7 Å². The van der Waals surface area contributed by atoms with E-state index in [1.807, 2.05) is 86.6 Å². The van der Waals surface area contributed by atoms with Crippen LogP contribution in [0.4, 0.5) is 0 Å². The smallest absolute Gasteiger partial charge is 0.475 e. The Kier molecular flexibility index (Phi) is 7.73. The molecular weight excluding hydrogens is 443 g/mol. The largest absolute Gasteiger partial charge is 0.487 e. The summed E-state index contributed by atoms with van der Waals surface area (Å²) in [5.41, 5.74) is 0.219. The molecule has 8 heteroatoms. The predicted octanol–water partition coefficient (Wildman–Crippen LogP) is 3.52. The number of hydrogen-bond donors (Lipinski definition) is 3. The summed E-state index contributed by atoms with van der Waals surface area (Å²) in [7, 11) is -1.67. The second-order valence-electron chi connectivity index (χ2n) is 9.47. The summed E-state index contributed by atoms with van der Waals surface area (Å²) in [6.45, 7) is 4.09. The molecule has 1 amide bonds. The Morgan fingerprint density at radius 1 is 1.09 bits per heavy atom. The van der Waals surface area contributed by atoms with E-state index in [-0.39, 0.29) is 25.4 Å². The van der Waals surface area contributed by atoms with Crippen LogP contribution < -0.4 is 10.1 Å². The van der Waals surface area contributed by atoms with E-state index in [1.54, 1.807) is 0 Å². The van der Waals surface area contributed by atoms with E-state index in [9.17, 15) is 14.8 Å². The van der Waals surface area contributed by atoms with Gasteiger partial charge in [-0.3, -0.25) is 4.79 Å². The van der Waals surface area contributed by atoms with Crippen LogP contribution in [0.3, 0.4) is 0 Å². The van der Waals surface area contributed by atoms with Gasteiger partial charge in [0.25, 0.3) is 5.91 Å². The molecule has 0 saturated heterocycles. The van der Waals surface area contributed by atoms with Gasteiger partial charge in [-0.25, -0.2) is 0 Å². The lowest BCUT2D eigenvalue weighted by Crippen LogP contribution is -2.56. The number of benzene rings is 3. The molecule has 0 aromatic heterocycles. The number of nitrogens with one attached hydrogen (secondary N) is 1. The zero-order chi connectivity index (χ0) is 24.8. The average Bonchev–Trinajstić information content (AvgIpc) is 3.26. The van der Waals surface area contributed by atoms with Gasteiger partial charge in [0.05, 0.1) is 11.7 Å². The molecule has 182 valence electrons. The normalized spacial score (nSPS) is 18.1. The lowest BCUT2D eigenvalue weighted by Gasteiger charge is -2.29. The van der Waals surface area contributed by atoms with Gasteiger partial charge in [0.1, 0.15) is 12.4 Å². The van der Waals surface area contributed by atoms with Crippen LogP contribution in [-0.2, 0) is 16.1 Å². The fraction of sp³-hybridized carbons (Fsp3) is 0.333. The van der Waals surface area contributed by atoms with E-state index < -0.39 is 24.6 Å². The first kappa shape index (κ1) is 24.8. The lowest BCUT2D eigenvalue weighted by molar-refractivity contribution is -0.144. The van der Waals surface area contributed by atoms with Crippen molar-refractivity contribution >= 4 is 29.5 Å². The minimum absolute atomic E-state index is 0.164. The maximum atomic E-state index is 13.5. The van der Waals surface area contributed by atoms with Crippen molar-refractivity contribution in [3.05, 3.63) is 78.4 Å². The van der Waals surface area contributed by atoms with E-state index >= 15 is 0 Å². The third kappa shape index (κ3) is 6.02. The molecule has 2 unspecified atom stereocenters. The number of carbonyl (C=O) groups excluding carboxylic acids is 1. The molecule has 0 fully saturated rings. The second-order valence-corrected chi connectivity index (χ2v) is 9.47. The van der Waals surface area contributed by atoms with Gasteiger partial charge in [0.15, 0.2) is 0 Å². The Bertz CT molecular complexity index is 1180. The van der Waals surface area contributed by atoms with Crippen molar-refractivity contribution in [1.29, 1.82) is 0 Å².